The molecule has 1 aromatic heterocycles. The van der Waals surface area contributed by atoms with Gasteiger partial charge in [-0.1, -0.05) is 20.8 Å². The van der Waals surface area contributed by atoms with E-state index in [4.69, 9.17) is 4.74 Å². The molecule has 0 saturated heterocycles. The molecule has 4 nitrogen and oxygen atoms in total. The Morgan fingerprint density at radius 2 is 2.27 bits per heavy atom. The van der Waals surface area contributed by atoms with Crippen molar-refractivity contribution in [2.75, 3.05) is 5.32 Å². The lowest BCUT2D eigenvalue weighted by atomic mass is 10.2. The molecule has 1 amide bonds. The zero-order valence-corrected chi connectivity index (χ0v) is 9.28. The number of amides is 1. The van der Waals surface area contributed by atoms with Crippen molar-refractivity contribution in [3.05, 3.63) is 18.5 Å². The summed E-state index contributed by atoms with van der Waals surface area (Å²) in [5.74, 6) is 0.601. The fourth-order valence-corrected chi connectivity index (χ4v) is 1.27. The smallest absolute Gasteiger partial charge is 0.265 e. The van der Waals surface area contributed by atoms with Crippen molar-refractivity contribution < 1.29 is 9.53 Å². The highest BCUT2D eigenvalue weighted by atomic mass is 16.5. The molecule has 2 heterocycles. The van der Waals surface area contributed by atoms with Crippen LogP contribution in [-0.4, -0.2) is 17.0 Å². The van der Waals surface area contributed by atoms with Crippen molar-refractivity contribution in [2.24, 2.45) is 0 Å². The van der Waals surface area contributed by atoms with Crippen LogP contribution < -0.4 is 10.1 Å². The first-order chi connectivity index (χ1) is 7.31. The Labute approximate surface area is 89.7 Å². The van der Waals surface area contributed by atoms with Gasteiger partial charge in [-0.25, -0.2) is 0 Å². The Morgan fingerprint density at radius 1 is 1.53 bits per heavy atom. The third kappa shape index (κ3) is 2.46. The van der Waals surface area contributed by atoms with Crippen molar-refractivity contribution in [3.8, 4) is 5.75 Å². The number of carbonyl (C=O) groups is 1. The molecule has 0 aromatic carbocycles. The van der Waals surface area contributed by atoms with Gasteiger partial charge < -0.3 is 10.1 Å². The van der Waals surface area contributed by atoms with Gasteiger partial charge in [0.2, 0.25) is 0 Å². The number of hydrogen-bond donors (Lipinski definition) is 1. The van der Waals surface area contributed by atoms with E-state index in [1.54, 1.807) is 18.5 Å². The number of aromatic nitrogens is 1. The summed E-state index contributed by atoms with van der Waals surface area (Å²) in [7, 11) is 0. The largest absolute Gasteiger partial charge is 0.478 e. The van der Waals surface area contributed by atoms with E-state index in [2.05, 4.69) is 10.3 Å². The van der Waals surface area contributed by atoms with Gasteiger partial charge in [0.15, 0.2) is 6.10 Å². The number of pyridine rings is 1. The highest BCUT2D eigenvalue weighted by Gasteiger charge is 2.25. The van der Waals surface area contributed by atoms with Crippen LogP contribution in [0.5, 0.6) is 5.75 Å². The quantitative estimate of drug-likeness (QED) is 0.769. The molecule has 1 atom stereocenters. The van der Waals surface area contributed by atoms with Crippen LogP contribution in [0.4, 0.5) is 5.69 Å². The first-order valence-corrected chi connectivity index (χ1v) is 5.23. The minimum atomic E-state index is -0.366. The van der Waals surface area contributed by atoms with E-state index in [0.29, 0.717) is 17.9 Å². The molecule has 15 heavy (non-hydrogen) atoms. The molecule has 2 rings (SSSR count). The number of ether oxygens (including phenoxy) is 1. The predicted octanol–water partition coefficient (Wildman–Crippen LogP) is 2.22. The van der Waals surface area contributed by atoms with Gasteiger partial charge in [0.05, 0.1) is 6.20 Å². The molecular weight excluding hydrogens is 192 g/mol. The Kier molecular flexibility index (Phi) is 4.09. The predicted molar refractivity (Wildman–Crippen MR) is 58.9 cm³/mol. The van der Waals surface area contributed by atoms with Crippen LogP contribution in [0.25, 0.3) is 0 Å². The lowest BCUT2D eigenvalue weighted by Crippen LogP contribution is -2.36. The summed E-state index contributed by atoms with van der Waals surface area (Å²) in [6.07, 6.45) is 3.53. The summed E-state index contributed by atoms with van der Waals surface area (Å²) in [5.41, 5.74) is 0.650. The van der Waals surface area contributed by atoms with Crippen molar-refractivity contribution >= 4 is 11.6 Å². The Hall–Kier alpha value is -1.58. The number of hydrogen-bond acceptors (Lipinski definition) is 3. The van der Waals surface area contributed by atoms with Crippen LogP contribution in [0.15, 0.2) is 18.5 Å². The lowest BCUT2D eigenvalue weighted by Gasteiger charge is -2.24. The maximum Gasteiger partial charge on any atom is 0.265 e. The van der Waals surface area contributed by atoms with Gasteiger partial charge in [-0.05, 0) is 6.42 Å². The maximum absolute atomic E-state index is 11.3. The second-order valence-electron chi connectivity index (χ2n) is 2.88. The number of carbonyl (C=O) groups excluding carboxylic acids is 1. The molecule has 1 N–H and O–H groups in total. The molecule has 1 unspecified atom stereocenters. The van der Waals surface area contributed by atoms with Crippen LogP contribution in [0.2, 0.25) is 0 Å². The van der Waals surface area contributed by atoms with Crippen molar-refractivity contribution in [3.63, 3.8) is 0 Å². The van der Waals surface area contributed by atoms with Crippen molar-refractivity contribution in [2.45, 2.75) is 33.3 Å². The second kappa shape index (κ2) is 5.34. The molecule has 1 aliphatic heterocycles. The normalized spacial score (nSPS) is 17.8. The van der Waals surface area contributed by atoms with E-state index in [1.165, 1.54) is 0 Å². The van der Waals surface area contributed by atoms with E-state index in [-0.39, 0.29) is 12.0 Å². The molecular formula is C11H16N2O2. The third-order valence-electron chi connectivity index (χ3n) is 1.97. The number of rotatable bonds is 1. The Balaban J connectivity index is 0.000000531. The van der Waals surface area contributed by atoms with Crippen molar-refractivity contribution in [1.82, 2.24) is 4.98 Å². The van der Waals surface area contributed by atoms with Crippen LogP contribution in [0.1, 0.15) is 27.2 Å². The zero-order valence-electron chi connectivity index (χ0n) is 9.28. The summed E-state index contributed by atoms with van der Waals surface area (Å²) in [6, 6.07) is 1.75. The summed E-state index contributed by atoms with van der Waals surface area (Å²) >= 11 is 0. The number of anilines is 1. The van der Waals surface area contributed by atoms with Gasteiger partial charge in [-0.2, -0.15) is 0 Å². The van der Waals surface area contributed by atoms with E-state index >= 15 is 0 Å². The standard InChI is InChI=1S/C9H10N2O2.C2H6/c1-2-7-9(12)11-6-5-10-4-3-8(6)13-7;1-2/h3-5,7H,2H2,1H3,(H,11,12);1-2H3. The van der Waals surface area contributed by atoms with E-state index in [9.17, 15) is 4.79 Å². The fraction of sp³-hybridized carbons (Fsp3) is 0.455. The summed E-state index contributed by atoms with van der Waals surface area (Å²) in [6.45, 7) is 5.91. The SMILES string of the molecule is CC.CCC1Oc2ccncc2NC1=O. The summed E-state index contributed by atoms with van der Waals surface area (Å²) in [4.78, 5) is 15.2. The third-order valence-corrected chi connectivity index (χ3v) is 1.97. The van der Waals surface area contributed by atoms with Crippen LogP contribution in [0.3, 0.4) is 0 Å². The molecule has 0 aliphatic carbocycles. The van der Waals surface area contributed by atoms with E-state index in [1.807, 2.05) is 20.8 Å². The average Bonchev–Trinajstić information content (AvgIpc) is 2.31. The molecule has 82 valence electrons. The Morgan fingerprint density at radius 3 is 2.93 bits per heavy atom. The number of nitrogens with zero attached hydrogens (tertiary/aromatic N) is 1. The zero-order chi connectivity index (χ0) is 11.3. The van der Waals surface area contributed by atoms with Crippen molar-refractivity contribution in [1.29, 1.82) is 0 Å². The first-order valence-electron chi connectivity index (χ1n) is 5.23. The number of fused-ring (bicyclic) bond motifs is 1. The fourth-order valence-electron chi connectivity index (χ4n) is 1.27. The van der Waals surface area contributed by atoms with Crippen LogP contribution in [-0.2, 0) is 4.79 Å². The summed E-state index contributed by atoms with van der Waals surface area (Å²) in [5, 5.41) is 2.73. The highest BCUT2D eigenvalue weighted by Crippen LogP contribution is 2.28. The molecule has 4 heteroatoms. The van der Waals surface area contributed by atoms with E-state index < -0.39 is 0 Å². The van der Waals surface area contributed by atoms with Gasteiger partial charge in [0, 0.05) is 12.3 Å². The minimum Gasteiger partial charge on any atom is -0.478 e. The first kappa shape index (κ1) is 11.5. The molecule has 0 radical (unpaired) electrons. The highest BCUT2D eigenvalue weighted by molar-refractivity contribution is 5.97. The van der Waals surface area contributed by atoms with Gasteiger partial charge >= 0.3 is 0 Å². The van der Waals surface area contributed by atoms with Crippen LogP contribution >= 0.6 is 0 Å². The van der Waals surface area contributed by atoms with Gasteiger partial charge in [-0.15, -0.1) is 0 Å². The number of nitrogens with one attached hydrogen (secondary N) is 1. The molecule has 0 fully saturated rings. The van der Waals surface area contributed by atoms with Crippen LogP contribution in [0, 0.1) is 0 Å². The monoisotopic (exact) mass is 208 g/mol. The lowest BCUT2D eigenvalue weighted by molar-refractivity contribution is -0.123. The topological polar surface area (TPSA) is 51.2 Å². The molecule has 1 aromatic rings. The molecule has 1 aliphatic rings. The van der Waals surface area contributed by atoms with Gasteiger partial charge in [-0.3, -0.25) is 9.78 Å². The van der Waals surface area contributed by atoms with Gasteiger partial charge in [0.25, 0.3) is 5.91 Å². The average molecular weight is 208 g/mol. The second-order valence-corrected chi connectivity index (χ2v) is 2.88. The maximum atomic E-state index is 11.3. The Bertz CT molecular complexity index is 339. The van der Waals surface area contributed by atoms with E-state index in [0.717, 1.165) is 0 Å². The molecule has 0 bridgehead atoms. The minimum absolute atomic E-state index is 0.0944. The molecule has 0 spiro atoms. The summed E-state index contributed by atoms with van der Waals surface area (Å²) < 4.78 is 5.44. The van der Waals surface area contributed by atoms with Gasteiger partial charge in [0.1, 0.15) is 11.4 Å². The molecule has 0 saturated carbocycles.